The van der Waals surface area contributed by atoms with Crippen LogP contribution < -0.4 is 0 Å². The van der Waals surface area contributed by atoms with Crippen molar-refractivity contribution in [1.29, 1.82) is 0 Å². The van der Waals surface area contributed by atoms with E-state index in [0.717, 1.165) is 0 Å². The minimum atomic E-state index is -1.00. The summed E-state index contributed by atoms with van der Waals surface area (Å²) in [7, 11) is 0. The Morgan fingerprint density at radius 3 is 2.73 bits per heavy atom. The summed E-state index contributed by atoms with van der Waals surface area (Å²) in [6.07, 6.45) is -2.54. The van der Waals surface area contributed by atoms with Crippen molar-refractivity contribution >= 4 is 0 Å². The third-order valence-corrected chi connectivity index (χ3v) is 2.71. The predicted molar refractivity (Wildman–Crippen MR) is 51.2 cm³/mol. The molecule has 2 aliphatic rings. The van der Waals surface area contributed by atoms with E-state index in [1.54, 1.807) is 6.92 Å². The largest absolute Gasteiger partial charge is 0.388 e. The van der Waals surface area contributed by atoms with E-state index in [1.165, 1.54) is 0 Å². The summed E-state index contributed by atoms with van der Waals surface area (Å²) in [6.45, 7) is 5.87. The van der Waals surface area contributed by atoms with Crippen LogP contribution in [0.15, 0.2) is 12.2 Å². The lowest BCUT2D eigenvalue weighted by molar-refractivity contribution is -0.139. The van der Waals surface area contributed by atoms with Gasteiger partial charge in [0.05, 0.1) is 13.2 Å². The molecule has 2 saturated heterocycles. The first-order chi connectivity index (χ1) is 7.09. The zero-order valence-electron chi connectivity index (χ0n) is 8.63. The first kappa shape index (κ1) is 11.0. The molecule has 2 N–H and O–H groups in total. The summed E-state index contributed by atoms with van der Waals surface area (Å²) < 4.78 is 16.0. The summed E-state index contributed by atoms with van der Waals surface area (Å²) >= 11 is 0. The molecule has 0 amide bonds. The molecule has 2 heterocycles. The van der Waals surface area contributed by atoms with Crippen LogP contribution in [-0.2, 0) is 14.2 Å². The Labute approximate surface area is 88.3 Å². The van der Waals surface area contributed by atoms with Gasteiger partial charge >= 0.3 is 0 Å². The Morgan fingerprint density at radius 2 is 2.07 bits per heavy atom. The van der Waals surface area contributed by atoms with Crippen LogP contribution in [0.25, 0.3) is 0 Å². The Morgan fingerprint density at radius 1 is 1.40 bits per heavy atom. The van der Waals surface area contributed by atoms with Crippen LogP contribution in [0.1, 0.15) is 6.92 Å². The van der Waals surface area contributed by atoms with E-state index in [0.29, 0.717) is 12.2 Å². The first-order valence-corrected chi connectivity index (χ1v) is 5.00. The van der Waals surface area contributed by atoms with Crippen LogP contribution in [0.5, 0.6) is 0 Å². The Balaban J connectivity index is 1.92. The third-order valence-electron chi connectivity index (χ3n) is 2.71. The van der Waals surface area contributed by atoms with Gasteiger partial charge in [-0.15, -0.1) is 0 Å². The van der Waals surface area contributed by atoms with Crippen molar-refractivity contribution in [1.82, 2.24) is 0 Å². The van der Waals surface area contributed by atoms with E-state index in [9.17, 15) is 10.2 Å². The van der Waals surface area contributed by atoms with Gasteiger partial charge < -0.3 is 24.4 Å². The van der Waals surface area contributed by atoms with Crippen LogP contribution in [0, 0.1) is 0 Å². The molecule has 0 aromatic heterocycles. The Kier molecular flexibility index (Phi) is 3.08. The predicted octanol–water partition coefficient (Wildman–Crippen LogP) is -0.575. The lowest BCUT2D eigenvalue weighted by Crippen LogP contribution is -2.35. The molecule has 2 fully saturated rings. The fourth-order valence-electron chi connectivity index (χ4n) is 1.84. The lowest BCUT2D eigenvalue weighted by atomic mass is 10.1. The highest BCUT2D eigenvalue weighted by Crippen LogP contribution is 2.29. The second-order valence-corrected chi connectivity index (χ2v) is 4.04. The van der Waals surface area contributed by atoms with Gasteiger partial charge in [-0.05, 0) is 12.5 Å². The quantitative estimate of drug-likeness (QED) is 0.488. The standard InChI is InChI=1S/C10H16O5/c1-5(2)10(12)15-7-4-14-8-6(11)3-13-9(7)8/h6-12H,1,3-4H2,2H3. The van der Waals surface area contributed by atoms with Gasteiger partial charge in [0.25, 0.3) is 0 Å². The fourth-order valence-corrected chi connectivity index (χ4v) is 1.84. The van der Waals surface area contributed by atoms with E-state index in [2.05, 4.69) is 6.58 Å². The molecule has 5 atom stereocenters. The number of aliphatic hydroxyl groups is 2. The smallest absolute Gasteiger partial charge is 0.177 e. The summed E-state index contributed by atoms with van der Waals surface area (Å²) in [5.41, 5.74) is 0.539. The van der Waals surface area contributed by atoms with E-state index in [4.69, 9.17) is 14.2 Å². The molecule has 2 rings (SSSR count). The SMILES string of the molecule is C=C(C)C(O)OC1COC2C(O)COC12. The average Bonchev–Trinajstić information content (AvgIpc) is 2.71. The van der Waals surface area contributed by atoms with Gasteiger partial charge in [0.15, 0.2) is 6.29 Å². The molecule has 0 aromatic rings. The maximum Gasteiger partial charge on any atom is 0.177 e. The molecule has 5 nitrogen and oxygen atoms in total. The molecule has 86 valence electrons. The number of rotatable bonds is 3. The monoisotopic (exact) mass is 216 g/mol. The number of ether oxygens (including phenoxy) is 3. The van der Waals surface area contributed by atoms with Crippen LogP contribution >= 0.6 is 0 Å². The highest BCUT2D eigenvalue weighted by Gasteiger charge is 2.48. The van der Waals surface area contributed by atoms with Gasteiger partial charge in [-0.2, -0.15) is 0 Å². The summed E-state index contributed by atoms with van der Waals surface area (Å²) in [4.78, 5) is 0. The summed E-state index contributed by atoms with van der Waals surface area (Å²) in [5, 5.41) is 19.0. The summed E-state index contributed by atoms with van der Waals surface area (Å²) in [6, 6.07) is 0. The van der Waals surface area contributed by atoms with Gasteiger partial charge in [-0.25, -0.2) is 0 Å². The summed E-state index contributed by atoms with van der Waals surface area (Å²) in [5.74, 6) is 0. The molecule has 5 unspecified atom stereocenters. The minimum absolute atomic E-state index is 0.262. The maximum atomic E-state index is 9.48. The van der Waals surface area contributed by atoms with E-state index >= 15 is 0 Å². The molecular formula is C10H16O5. The second kappa shape index (κ2) is 4.19. The molecule has 0 aromatic carbocycles. The molecule has 0 radical (unpaired) electrons. The van der Waals surface area contributed by atoms with Gasteiger partial charge in [0.1, 0.15) is 24.4 Å². The maximum absolute atomic E-state index is 9.48. The molecule has 0 saturated carbocycles. The van der Waals surface area contributed by atoms with Crippen molar-refractivity contribution in [3.63, 3.8) is 0 Å². The van der Waals surface area contributed by atoms with E-state index < -0.39 is 12.4 Å². The normalized spacial score (nSPS) is 41.5. The van der Waals surface area contributed by atoms with Crippen LogP contribution in [-0.4, -0.2) is 54.1 Å². The first-order valence-electron chi connectivity index (χ1n) is 5.00. The molecule has 2 aliphatic heterocycles. The number of aliphatic hydroxyl groups excluding tert-OH is 2. The topological polar surface area (TPSA) is 68.2 Å². The van der Waals surface area contributed by atoms with Gasteiger partial charge in [0.2, 0.25) is 0 Å². The Hall–Kier alpha value is -0.460. The van der Waals surface area contributed by atoms with Crippen LogP contribution in [0.4, 0.5) is 0 Å². The third kappa shape index (κ3) is 2.07. The van der Waals surface area contributed by atoms with Crippen molar-refractivity contribution < 1.29 is 24.4 Å². The van der Waals surface area contributed by atoms with E-state index in [1.807, 2.05) is 0 Å². The van der Waals surface area contributed by atoms with Crippen LogP contribution in [0.2, 0.25) is 0 Å². The van der Waals surface area contributed by atoms with Crippen molar-refractivity contribution in [2.75, 3.05) is 13.2 Å². The van der Waals surface area contributed by atoms with Gasteiger partial charge in [0, 0.05) is 0 Å². The van der Waals surface area contributed by atoms with Crippen molar-refractivity contribution in [2.45, 2.75) is 37.6 Å². The molecule has 15 heavy (non-hydrogen) atoms. The number of hydrogen-bond acceptors (Lipinski definition) is 5. The van der Waals surface area contributed by atoms with Crippen molar-refractivity contribution in [3.8, 4) is 0 Å². The van der Waals surface area contributed by atoms with E-state index in [-0.39, 0.29) is 24.9 Å². The number of fused-ring (bicyclic) bond motifs is 1. The zero-order valence-corrected chi connectivity index (χ0v) is 8.63. The van der Waals surface area contributed by atoms with Crippen LogP contribution in [0.3, 0.4) is 0 Å². The molecule has 5 heteroatoms. The van der Waals surface area contributed by atoms with Gasteiger partial charge in [-0.1, -0.05) is 6.58 Å². The molecule has 0 spiro atoms. The molecule has 0 aliphatic carbocycles. The second-order valence-electron chi connectivity index (χ2n) is 4.04. The number of hydrogen-bond donors (Lipinski definition) is 2. The highest BCUT2D eigenvalue weighted by atomic mass is 16.7. The minimum Gasteiger partial charge on any atom is -0.388 e. The van der Waals surface area contributed by atoms with Crippen molar-refractivity contribution in [3.05, 3.63) is 12.2 Å². The Bertz CT molecular complexity index is 254. The molecule has 0 bridgehead atoms. The van der Waals surface area contributed by atoms with Crippen molar-refractivity contribution in [2.24, 2.45) is 0 Å². The van der Waals surface area contributed by atoms with Gasteiger partial charge in [-0.3, -0.25) is 0 Å². The lowest BCUT2D eigenvalue weighted by Gasteiger charge is -2.20. The highest BCUT2D eigenvalue weighted by molar-refractivity contribution is 4.98. The fraction of sp³-hybridized carbons (Fsp3) is 0.800. The zero-order chi connectivity index (χ0) is 11.0. The average molecular weight is 216 g/mol. The molecular weight excluding hydrogens is 200 g/mol.